The van der Waals surface area contributed by atoms with Crippen LogP contribution in [0.5, 0.6) is 0 Å². The van der Waals surface area contributed by atoms with Gasteiger partial charge in [0.25, 0.3) is 0 Å². The minimum absolute atomic E-state index is 0.121. The van der Waals surface area contributed by atoms with Crippen LogP contribution in [0.15, 0.2) is 42.7 Å². The summed E-state index contributed by atoms with van der Waals surface area (Å²) in [5.41, 5.74) is 2.70. The first-order chi connectivity index (χ1) is 10.4. The number of ether oxygens (including phenoxy) is 1. The molecule has 2 heterocycles. The average molecular weight is 281 g/mol. The van der Waals surface area contributed by atoms with E-state index in [1.807, 2.05) is 18.5 Å². The molecular weight excluding hydrogens is 262 g/mol. The molecule has 4 nitrogen and oxygen atoms in total. The van der Waals surface area contributed by atoms with Crippen molar-refractivity contribution in [1.82, 2.24) is 14.9 Å². The van der Waals surface area contributed by atoms with Gasteiger partial charge < -0.3 is 4.74 Å². The van der Waals surface area contributed by atoms with Crippen LogP contribution in [0.1, 0.15) is 23.4 Å². The Balaban J connectivity index is 1.56. The summed E-state index contributed by atoms with van der Waals surface area (Å²) in [4.78, 5) is 11.1. The smallest absolute Gasteiger partial charge is 0.142 e. The third kappa shape index (κ3) is 2.34. The maximum absolute atomic E-state index is 6.24. The Bertz CT molecular complexity index is 627. The molecule has 1 aromatic heterocycles. The molecule has 21 heavy (non-hydrogen) atoms. The van der Waals surface area contributed by atoms with Crippen LogP contribution in [0.4, 0.5) is 0 Å². The summed E-state index contributed by atoms with van der Waals surface area (Å²) in [6, 6.07) is 10.6. The molecule has 1 spiro atoms. The highest BCUT2D eigenvalue weighted by Gasteiger charge is 2.43. The molecular formula is C17H19N3O. The van der Waals surface area contributed by atoms with E-state index in [1.165, 1.54) is 11.1 Å². The minimum atomic E-state index is -0.121. The highest BCUT2D eigenvalue weighted by Crippen LogP contribution is 2.42. The summed E-state index contributed by atoms with van der Waals surface area (Å²) in [6.45, 7) is 3.46. The lowest BCUT2D eigenvalue weighted by Gasteiger charge is -2.41. The second-order valence-corrected chi connectivity index (χ2v) is 5.88. The number of nitrogens with zero attached hydrogens (tertiary/aromatic N) is 3. The summed E-state index contributed by atoms with van der Waals surface area (Å²) in [7, 11) is 0. The van der Waals surface area contributed by atoms with Crippen LogP contribution in [-0.4, -0.2) is 34.6 Å². The summed E-state index contributed by atoms with van der Waals surface area (Å²) >= 11 is 0. The van der Waals surface area contributed by atoms with E-state index in [2.05, 4.69) is 39.1 Å². The average Bonchev–Trinajstić information content (AvgIpc) is 2.87. The van der Waals surface area contributed by atoms with Gasteiger partial charge in [0.1, 0.15) is 11.4 Å². The molecule has 2 aromatic rings. The zero-order chi connectivity index (χ0) is 14.1. The Morgan fingerprint density at radius 3 is 2.90 bits per heavy atom. The molecule has 1 saturated heterocycles. The predicted octanol–water partition coefficient (Wildman–Crippen LogP) is 2.15. The highest BCUT2D eigenvalue weighted by atomic mass is 16.5. The van der Waals surface area contributed by atoms with Crippen molar-refractivity contribution in [3.05, 3.63) is 59.7 Å². The van der Waals surface area contributed by atoms with Gasteiger partial charge >= 0.3 is 0 Å². The molecule has 2 aliphatic rings. The van der Waals surface area contributed by atoms with E-state index in [-0.39, 0.29) is 5.60 Å². The second kappa shape index (κ2) is 5.20. The zero-order valence-corrected chi connectivity index (χ0v) is 12.0. The standard InChI is InChI=1S/C17H19N3O/c1-2-5-15-14(4-1)6-7-17(15)13-20(10-11-21-17)12-16-18-8-3-9-19-16/h1-5,8-9H,6-7,10-13H2. The monoisotopic (exact) mass is 281 g/mol. The van der Waals surface area contributed by atoms with Crippen molar-refractivity contribution in [2.24, 2.45) is 0 Å². The lowest BCUT2D eigenvalue weighted by Crippen LogP contribution is -2.48. The van der Waals surface area contributed by atoms with Gasteiger partial charge in [-0.3, -0.25) is 4.90 Å². The second-order valence-electron chi connectivity index (χ2n) is 5.88. The molecule has 1 atom stereocenters. The van der Waals surface area contributed by atoms with E-state index in [1.54, 1.807) is 0 Å². The number of fused-ring (bicyclic) bond motifs is 2. The normalized spacial score (nSPS) is 25.1. The van der Waals surface area contributed by atoms with Crippen LogP contribution in [-0.2, 0) is 23.3 Å². The summed E-state index contributed by atoms with van der Waals surface area (Å²) in [6.07, 6.45) is 5.82. The van der Waals surface area contributed by atoms with E-state index in [4.69, 9.17) is 4.74 Å². The first-order valence-electron chi connectivity index (χ1n) is 7.56. The lowest BCUT2D eigenvalue weighted by atomic mass is 9.93. The lowest BCUT2D eigenvalue weighted by molar-refractivity contribution is -0.116. The molecule has 4 heteroatoms. The molecule has 0 N–H and O–H groups in total. The summed E-state index contributed by atoms with van der Waals surface area (Å²) in [5.74, 6) is 0.890. The largest absolute Gasteiger partial charge is 0.368 e. The topological polar surface area (TPSA) is 38.2 Å². The number of morpholine rings is 1. The van der Waals surface area contributed by atoms with Gasteiger partial charge in [0, 0.05) is 25.5 Å². The van der Waals surface area contributed by atoms with Crippen molar-refractivity contribution in [2.45, 2.75) is 25.0 Å². The number of rotatable bonds is 2. The Morgan fingerprint density at radius 2 is 2.00 bits per heavy atom. The molecule has 0 amide bonds. The Kier molecular flexibility index (Phi) is 3.20. The fourth-order valence-electron chi connectivity index (χ4n) is 3.57. The van der Waals surface area contributed by atoms with Crippen molar-refractivity contribution < 1.29 is 4.74 Å². The molecule has 1 aliphatic heterocycles. The van der Waals surface area contributed by atoms with Crippen molar-refractivity contribution in [2.75, 3.05) is 19.7 Å². The van der Waals surface area contributed by atoms with Crippen LogP contribution in [0.3, 0.4) is 0 Å². The van der Waals surface area contributed by atoms with E-state index in [9.17, 15) is 0 Å². The predicted molar refractivity (Wildman–Crippen MR) is 79.7 cm³/mol. The molecule has 0 radical (unpaired) electrons. The van der Waals surface area contributed by atoms with Gasteiger partial charge in [-0.25, -0.2) is 9.97 Å². The molecule has 0 bridgehead atoms. The fourth-order valence-corrected chi connectivity index (χ4v) is 3.57. The fraction of sp³-hybridized carbons (Fsp3) is 0.412. The molecule has 1 unspecified atom stereocenters. The van der Waals surface area contributed by atoms with Crippen molar-refractivity contribution in [3.63, 3.8) is 0 Å². The number of aryl methyl sites for hydroxylation is 1. The summed E-state index contributed by atoms with van der Waals surface area (Å²) < 4.78 is 6.24. The van der Waals surface area contributed by atoms with Gasteiger partial charge in [0.2, 0.25) is 0 Å². The Morgan fingerprint density at radius 1 is 1.14 bits per heavy atom. The van der Waals surface area contributed by atoms with Crippen LogP contribution in [0.2, 0.25) is 0 Å². The maximum atomic E-state index is 6.24. The van der Waals surface area contributed by atoms with E-state index in [0.717, 1.165) is 44.9 Å². The van der Waals surface area contributed by atoms with Gasteiger partial charge in [-0.15, -0.1) is 0 Å². The number of hydrogen-bond acceptors (Lipinski definition) is 4. The van der Waals surface area contributed by atoms with Gasteiger partial charge in [0.15, 0.2) is 0 Å². The number of hydrogen-bond donors (Lipinski definition) is 0. The van der Waals surface area contributed by atoms with E-state index >= 15 is 0 Å². The first-order valence-corrected chi connectivity index (χ1v) is 7.56. The quantitative estimate of drug-likeness (QED) is 0.845. The van der Waals surface area contributed by atoms with Crippen molar-refractivity contribution >= 4 is 0 Å². The zero-order valence-electron chi connectivity index (χ0n) is 12.0. The summed E-state index contributed by atoms with van der Waals surface area (Å²) in [5, 5.41) is 0. The minimum Gasteiger partial charge on any atom is -0.368 e. The first kappa shape index (κ1) is 12.9. The SMILES string of the molecule is c1cnc(CN2CCOC3(CCc4ccccc43)C2)nc1. The van der Waals surface area contributed by atoms with Crippen molar-refractivity contribution in [3.8, 4) is 0 Å². The highest BCUT2D eigenvalue weighted by molar-refractivity contribution is 5.38. The van der Waals surface area contributed by atoms with Crippen LogP contribution >= 0.6 is 0 Å². The van der Waals surface area contributed by atoms with Crippen molar-refractivity contribution in [1.29, 1.82) is 0 Å². The van der Waals surface area contributed by atoms with Gasteiger partial charge in [-0.05, 0) is 30.0 Å². The number of benzene rings is 1. The van der Waals surface area contributed by atoms with E-state index < -0.39 is 0 Å². The van der Waals surface area contributed by atoms with Crippen LogP contribution in [0.25, 0.3) is 0 Å². The maximum Gasteiger partial charge on any atom is 0.142 e. The molecule has 1 aliphatic carbocycles. The molecule has 4 rings (SSSR count). The third-order valence-electron chi connectivity index (χ3n) is 4.56. The van der Waals surface area contributed by atoms with E-state index in [0.29, 0.717) is 0 Å². The van der Waals surface area contributed by atoms with Crippen LogP contribution < -0.4 is 0 Å². The Labute approximate surface area is 124 Å². The Hall–Kier alpha value is -1.78. The van der Waals surface area contributed by atoms with Crippen LogP contribution in [0, 0.1) is 0 Å². The molecule has 0 saturated carbocycles. The van der Waals surface area contributed by atoms with Gasteiger partial charge in [-0.1, -0.05) is 24.3 Å². The van der Waals surface area contributed by atoms with Gasteiger partial charge in [0.05, 0.1) is 13.2 Å². The third-order valence-corrected chi connectivity index (χ3v) is 4.56. The molecule has 1 aromatic carbocycles. The van der Waals surface area contributed by atoms with Gasteiger partial charge in [-0.2, -0.15) is 0 Å². The molecule has 108 valence electrons. The molecule has 1 fully saturated rings. The number of aromatic nitrogens is 2.